The van der Waals surface area contributed by atoms with Gasteiger partial charge >= 0.3 is 11.9 Å². The van der Waals surface area contributed by atoms with Gasteiger partial charge in [-0.2, -0.15) is 0 Å². The highest BCUT2D eigenvalue weighted by atomic mass is 16.5. The summed E-state index contributed by atoms with van der Waals surface area (Å²) in [6, 6.07) is 0. The molecular weight excluding hydrogens is 148 g/mol. The zero-order chi connectivity index (χ0) is 9.56. The Balaban J connectivity index is 3.91. The molecule has 0 aromatic carbocycles. The minimum Gasteiger partial charge on any atom is -0.466 e. The van der Waals surface area contributed by atoms with Crippen molar-refractivity contribution in [2.75, 3.05) is 13.2 Å². The maximum atomic E-state index is 10.7. The predicted octanol–water partition coefficient (Wildman–Crippen LogP) is 0.503. The molecular formula is C7H12O4. The number of rotatable bonds is 4. The molecule has 0 fully saturated rings. The molecule has 0 aromatic heterocycles. The number of esters is 2. The molecule has 0 atom stereocenters. The molecule has 4 heteroatoms. The van der Waals surface area contributed by atoms with Crippen LogP contribution in [0.15, 0.2) is 0 Å². The third kappa shape index (κ3) is 5.39. The molecule has 4 nitrogen and oxygen atoms in total. The maximum absolute atomic E-state index is 10.7. The highest BCUT2D eigenvalue weighted by Crippen LogP contribution is 1.89. The minimum atomic E-state index is -1.56. The summed E-state index contributed by atoms with van der Waals surface area (Å²) in [5.74, 6) is -1.73. The highest BCUT2D eigenvalue weighted by molar-refractivity contribution is 5.91. The smallest absolute Gasteiger partial charge is 0.317 e. The Morgan fingerprint density at radius 2 is 1.55 bits per heavy atom. The van der Waals surface area contributed by atoms with E-state index in [0.29, 0.717) is 0 Å². The van der Waals surface area contributed by atoms with Crippen LogP contribution in [0.2, 0.25) is 0 Å². The summed E-state index contributed by atoms with van der Waals surface area (Å²) in [7, 11) is 0. The van der Waals surface area contributed by atoms with Gasteiger partial charge in [0.2, 0.25) is 0 Å². The van der Waals surface area contributed by atoms with Crippen molar-refractivity contribution < 1.29 is 20.4 Å². The van der Waals surface area contributed by atoms with Gasteiger partial charge in [0.1, 0.15) is 6.40 Å². The third-order valence-corrected chi connectivity index (χ3v) is 0.809. The minimum absolute atomic E-state index is 0.160. The Morgan fingerprint density at radius 3 is 1.82 bits per heavy atom. The van der Waals surface area contributed by atoms with Crippen LogP contribution in [0.3, 0.4) is 0 Å². The van der Waals surface area contributed by atoms with Gasteiger partial charge in [0.25, 0.3) is 0 Å². The molecule has 0 saturated carbocycles. The number of carbonyl (C=O) groups is 2. The second kappa shape index (κ2) is 5.70. The van der Waals surface area contributed by atoms with Crippen LogP contribution in [-0.2, 0) is 19.1 Å². The SMILES string of the molecule is [3H]C(C(=O)OCC)C(=O)OCC. The lowest BCUT2D eigenvalue weighted by Crippen LogP contribution is -2.13. The van der Waals surface area contributed by atoms with E-state index in [0.717, 1.165) is 0 Å². The first-order valence-corrected chi connectivity index (χ1v) is 3.39. The quantitative estimate of drug-likeness (QED) is 0.446. The molecule has 0 spiro atoms. The van der Waals surface area contributed by atoms with Gasteiger partial charge in [-0.05, 0) is 13.8 Å². The molecule has 0 radical (unpaired) electrons. The van der Waals surface area contributed by atoms with Crippen molar-refractivity contribution >= 4 is 11.9 Å². The van der Waals surface area contributed by atoms with Crippen molar-refractivity contribution in [1.29, 1.82) is 0 Å². The van der Waals surface area contributed by atoms with Crippen molar-refractivity contribution in [2.24, 2.45) is 0 Å². The van der Waals surface area contributed by atoms with Crippen LogP contribution in [0.25, 0.3) is 0 Å². The van der Waals surface area contributed by atoms with E-state index in [1.54, 1.807) is 13.8 Å². The van der Waals surface area contributed by atoms with Crippen molar-refractivity contribution in [3.05, 3.63) is 0 Å². The van der Waals surface area contributed by atoms with Gasteiger partial charge in [0.05, 0.1) is 14.6 Å². The summed E-state index contributed by atoms with van der Waals surface area (Å²) in [4.78, 5) is 21.5. The molecule has 0 saturated heterocycles. The first-order chi connectivity index (χ1) is 5.63. The molecule has 0 heterocycles. The van der Waals surface area contributed by atoms with Crippen LogP contribution in [0.5, 0.6) is 0 Å². The van der Waals surface area contributed by atoms with Gasteiger partial charge in [-0.25, -0.2) is 0 Å². The molecule has 0 aromatic rings. The van der Waals surface area contributed by atoms with E-state index >= 15 is 0 Å². The molecule has 0 rings (SSSR count). The Kier molecular flexibility index (Phi) is 4.17. The Bertz CT molecular complexity index is 151. The molecule has 0 bridgehead atoms. The molecule has 11 heavy (non-hydrogen) atoms. The maximum Gasteiger partial charge on any atom is 0.317 e. The Labute approximate surface area is 66.9 Å². The highest BCUT2D eigenvalue weighted by Gasteiger charge is 2.09. The first-order valence-electron chi connectivity index (χ1n) is 3.96. The summed E-state index contributed by atoms with van der Waals surface area (Å²) in [5, 5.41) is 0. The van der Waals surface area contributed by atoms with Crippen LogP contribution in [-0.4, -0.2) is 25.2 Å². The number of carbonyl (C=O) groups excluding carboxylic acids is 2. The van der Waals surface area contributed by atoms with Crippen LogP contribution >= 0.6 is 0 Å². The zero-order valence-electron chi connectivity index (χ0n) is 7.62. The van der Waals surface area contributed by atoms with E-state index in [4.69, 9.17) is 1.37 Å². The second-order valence-corrected chi connectivity index (χ2v) is 1.65. The van der Waals surface area contributed by atoms with E-state index in [9.17, 15) is 9.59 Å². The van der Waals surface area contributed by atoms with E-state index in [1.165, 1.54) is 0 Å². The Morgan fingerprint density at radius 1 is 1.18 bits per heavy atom. The fourth-order valence-corrected chi connectivity index (χ4v) is 0.464. The molecule has 0 aliphatic heterocycles. The lowest BCUT2D eigenvalue weighted by molar-refractivity contribution is -0.153. The lowest BCUT2D eigenvalue weighted by Gasteiger charge is -2.00. The summed E-state index contributed by atoms with van der Waals surface area (Å²) < 4.78 is 15.9. The largest absolute Gasteiger partial charge is 0.466 e. The van der Waals surface area contributed by atoms with Gasteiger partial charge < -0.3 is 9.47 Å². The number of ether oxygens (including phenoxy) is 2. The van der Waals surface area contributed by atoms with Gasteiger partial charge in [0, 0.05) is 0 Å². The first kappa shape index (κ1) is 8.04. The zero-order valence-corrected chi connectivity index (χ0v) is 6.62. The van der Waals surface area contributed by atoms with E-state index < -0.39 is 18.3 Å². The van der Waals surface area contributed by atoms with Gasteiger partial charge in [-0.1, -0.05) is 0 Å². The predicted molar refractivity (Wildman–Crippen MR) is 37.9 cm³/mol. The van der Waals surface area contributed by atoms with Crippen LogP contribution in [0.1, 0.15) is 21.6 Å². The van der Waals surface area contributed by atoms with Gasteiger partial charge in [-0.15, -0.1) is 0 Å². The summed E-state index contributed by atoms with van der Waals surface area (Å²) in [6.45, 7) is 3.53. The van der Waals surface area contributed by atoms with E-state index in [-0.39, 0.29) is 13.2 Å². The number of hydrogen-bond donors (Lipinski definition) is 0. The fraction of sp³-hybridized carbons (Fsp3) is 0.714. The number of hydrogen-bond acceptors (Lipinski definition) is 4. The van der Waals surface area contributed by atoms with Crippen molar-refractivity contribution in [3.63, 3.8) is 0 Å². The van der Waals surface area contributed by atoms with Crippen molar-refractivity contribution in [1.82, 2.24) is 0 Å². The monoisotopic (exact) mass is 162 g/mol. The van der Waals surface area contributed by atoms with Gasteiger partial charge in [-0.3, -0.25) is 9.59 Å². The standard InChI is InChI=1S/C7H12O4/c1-3-10-6(8)5-7(9)11-4-2/h3-5H2,1-2H3/i5T. The Hall–Kier alpha value is -1.06. The second-order valence-electron chi connectivity index (χ2n) is 1.65. The summed E-state index contributed by atoms with van der Waals surface area (Å²) >= 11 is 0. The molecule has 0 amide bonds. The molecule has 0 N–H and O–H groups in total. The van der Waals surface area contributed by atoms with Crippen LogP contribution in [0.4, 0.5) is 0 Å². The topological polar surface area (TPSA) is 52.6 Å². The average molecular weight is 162 g/mol. The van der Waals surface area contributed by atoms with Crippen LogP contribution in [0, 0.1) is 0 Å². The van der Waals surface area contributed by atoms with Crippen molar-refractivity contribution in [2.45, 2.75) is 20.2 Å². The van der Waals surface area contributed by atoms with Gasteiger partial charge in [0.15, 0.2) is 0 Å². The normalized spacial score (nSPS) is 10.6. The third-order valence-electron chi connectivity index (χ3n) is 0.809. The summed E-state index contributed by atoms with van der Waals surface area (Å²) in [6.07, 6.45) is -1.56. The van der Waals surface area contributed by atoms with Crippen LogP contribution < -0.4 is 0 Å². The van der Waals surface area contributed by atoms with E-state index in [1.807, 2.05) is 0 Å². The molecule has 0 aliphatic carbocycles. The van der Waals surface area contributed by atoms with E-state index in [2.05, 4.69) is 9.47 Å². The fourth-order valence-electron chi connectivity index (χ4n) is 0.464. The lowest BCUT2D eigenvalue weighted by atomic mass is 10.4. The van der Waals surface area contributed by atoms with Crippen molar-refractivity contribution in [3.8, 4) is 0 Å². The molecule has 0 aliphatic rings. The molecule has 0 unspecified atom stereocenters. The summed E-state index contributed by atoms with van der Waals surface area (Å²) in [5.41, 5.74) is 0. The molecule has 64 valence electrons. The average Bonchev–Trinajstić information content (AvgIpc) is 2.04.